The smallest absolute Gasteiger partial charge is 0.181 e. The molecule has 1 aromatic heterocycles. The van der Waals surface area contributed by atoms with Gasteiger partial charge in [0.2, 0.25) is 0 Å². The van der Waals surface area contributed by atoms with E-state index in [-0.39, 0.29) is 0 Å². The molecule has 0 aliphatic heterocycles. The third kappa shape index (κ3) is 3.64. The second kappa shape index (κ2) is 6.45. The van der Waals surface area contributed by atoms with Gasteiger partial charge in [0, 0.05) is 21.9 Å². The van der Waals surface area contributed by atoms with Crippen LogP contribution in [-0.2, 0) is 6.54 Å². The average Bonchev–Trinajstić information content (AvgIpc) is 2.97. The number of anilines is 1. The molecule has 0 aliphatic carbocycles. The Bertz CT molecular complexity index is 709. The highest BCUT2D eigenvalue weighted by molar-refractivity contribution is 7.99. The van der Waals surface area contributed by atoms with Gasteiger partial charge in [-0.2, -0.15) is 5.10 Å². The van der Waals surface area contributed by atoms with Crippen molar-refractivity contribution in [2.24, 2.45) is 0 Å². The van der Waals surface area contributed by atoms with Crippen LogP contribution in [0.15, 0.2) is 65.8 Å². The van der Waals surface area contributed by atoms with E-state index in [1.165, 1.54) is 4.90 Å². The Morgan fingerprint density at radius 3 is 2.71 bits per heavy atom. The quantitative estimate of drug-likeness (QED) is 0.579. The minimum absolute atomic E-state index is 0.715. The van der Waals surface area contributed by atoms with Crippen molar-refractivity contribution in [3.05, 3.63) is 60.9 Å². The molecule has 106 valence electrons. The van der Waals surface area contributed by atoms with Crippen LogP contribution in [0.5, 0.6) is 0 Å². The van der Waals surface area contributed by atoms with Gasteiger partial charge in [0.15, 0.2) is 5.82 Å². The second-order valence-corrected chi connectivity index (χ2v) is 5.79. The van der Waals surface area contributed by atoms with Crippen LogP contribution in [0.2, 0.25) is 0 Å². The van der Waals surface area contributed by atoms with Gasteiger partial charge in [-0.05, 0) is 24.3 Å². The lowest BCUT2D eigenvalue weighted by molar-refractivity contribution is 0.666. The molecule has 5 heteroatoms. The number of nitrogens with zero attached hydrogens (tertiary/aromatic N) is 3. The third-order valence-electron chi connectivity index (χ3n) is 3.01. The van der Waals surface area contributed by atoms with Crippen LogP contribution in [0.3, 0.4) is 0 Å². The van der Waals surface area contributed by atoms with Crippen LogP contribution >= 0.6 is 11.8 Å². The Kier molecular flexibility index (Phi) is 4.21. The van der Waals surface area contributed by atoms with E-state index in [2.05, 4.69) is 34.3 Å². The van der Waals surface area contributed by atoms with Crippen LogP contribution in [-0.4, -0.2) is 20.5 Å². The standard InChI is InChI=1S/C16H16N4S/c17-14-6-4-5-13(11-14)16-18-12-20(19-16)9-10-21-15-7-2-1-3-8-15/h1-8,11-12H,9-10,17H2. The van der Waals surface area contributed by atoms with Gasteiger partial charge < -0.3 is 5.73 Å². The van der Waals surface area contributed by atoms with Gasteiger partial charge in [0.25, 0.3) is 0 Å². The van der Waals surface area contributed by atoms with Crippen molar-refractivity contribution < 1.29 is 0 Å². The molecule has 0 saturated carbocycles. The van der Waals surface area contributed by atoms with Crippen molar-refractivity contribution in [3.8, 4) is 11.4 Å². The molecule has 0 spiro atoms. The zero-order chi connectivity index (χ0) is 14.5. The van der Waals surface area contributed by atoms with E-state index in [0.29, 0.717) is 5.82 Å². The number of aromatic nitrogens is 3. The molecular weight excluding hydrogens is 280 g/mol. The van der Waals surface area contributed by atoms with Gasteiger partial charge >= 0.3 is 0 Å². The van der Waals surface area contributed by atoms with Gasteiger partial charge in [0.1, 0.15) is 6.33 Å². The lowest BCUT2D eigenvalue weighted by Gasteiger charge is -2.01. The number of nitrogens with two attached hydrogens (primary N) is 1. The monoisotopic (exact) mass is 296 g/mol. The molecule has 0 fully saturated rings. The Hall–Kier alpha value is -2.27. The number of hydrogen-bond donors (Lipinski definition) is 1. The fraction of sp³-hybridized carbons (Fsp3) is 0.125. The molecular formula is C16H16N4S. The summed E-state index contributed by atoms with van der Waals surface area (Å²) in [6, 6.07) is 18.0. The van der Waals surface area contributed by atoms with E-state index >= 15 is 0 Å². The van der Waals surface area contributed by atoms with Gasteiger partial charge in [-0.15, -0.1) is 11.8 Å². The predicted molar refractivity (Wildman–Crippen MR) is 87.0 cm³/mol. The van der Waals surface area contributed by atoms with E-state index in [0.717, 1.165) is 23.5 Å². The Labute approximate surface area is 128 Å². The van der Waals surface area contributed by atoms with Crippen LogP contribution in [0.4, 0.5) is 5.69 Å². The number of aryl methyl sites for hydroxylation is 1. The summed E-state index contributed by atoms with van der Waals surface area (Å²) in [6.45, 7) is 0.828. The molecule has 3 aromatic rings. The van der Waals surface area contributed by atoms with Crippen LogP contribution in [0.25, 0.3) is 11.4 Å². The Morgan fingerprint density at radius 1 is 1.05 bits per heavy atom. The minimum atomic E-state index is 0.715. The first-order valence-corrected chi connectivity index (χ1v) is 7.73. The van der Waals surface area contributed by atoms with E-state index in [1.54, 1.807) is 6.33 Å². The first-order chi connectivity index (χ1) is 10.3. The van der Waals surface area contributed by atoms with E-state index < -0.39 is 0 Å². The number of rotatable bonds is 5. The van der Waals surface area contributed by atoms with Gasteiger partial charge in [-0.3, -0.25) is 4.68 Å². The molecule has 4 nitrogen and oxygen atoms in total. The van der Waals surface area contributed by atoms with Crippen LogP contribution in [0, 0.1) is 0 Å². The highest BCUT2D eigenvalue weighted by Gasteiger charge is 2.04. The zero-order valence-corrected chi connectivity index (χ0v) is 12.3. The summed E-state index contributed by atoms with van der Waals surface area (Å²) in [5.41, 5.74) is 7.46. The van der Waals surface area contributed by atoms with Gasteiger partial charge in [0.05, 0.1) is 6.54 Å². The van der Waals surface area contributed by atoms with Crippen molar-refractivity contribution >= 4 is 17.4 Å². The summed E-state index contributed by atoms with van der Waals surface area (Å²) in [5, 5.41) is 4.49. The molecule has 0 aliphatic rings. The van der Waals surface area contributed by atoms with Crippen molar-refractivity contribution in [2.75, 3.05) is 11.5 Å². The fourth-order valence-electron chi connectivity index (χ4n) is 1.99. The largest absolute Gasteiger partial charge is 0.399 e. The summed E-state index contributed by atoms with van der Waals surface area (Å²) in [7, 11) is 0. The molecule has 2 N–H and O–H groups in total. The number of nitrogen functional groups attached to an aromatic ring is 1. The maximum absolute atomic E-state index is 5.78. The van der Waals surface area contributed by atoms with Crippen molar-refractivity contribution in [1.82, 2.24) is 14.8 Å². The summed E-state index contributed by atoms with van der Waals surface area (Å²) >= 11 is 1.81. The van der Waals surface area contributed by atoms with E-state index in [4.69, 9.17) is 5.73 Å². The number of hydrogen-bond acceptors (Lipinski definition) is 4. The Balaban J connectivity index is 1.60. The third-order valence-corrected chi connectivity index (χ3v) is 4.01. The molecule has 0 saturated heterocycles. The van der Waals surface area contributed by atoms with Crippen LogP contribution < -0.4 is 5.73 Å². The van der Waals surface area contributed by atoms with E-state index in [9.17, 15) is 0 Å². The molecule has 2 aromatic carbocycles. The minimum Gasteiger partial charge on any atom is -0.399 e. The van der Waals surface area contributed by atoms with Gasteiger partial charge in [-0.25, -0.2) is 4.98 Å². The van der Waals surface area contributed by atoms with Crippen molar-refractivity contribution in [2.45, 2.75) is 11.4 Å². The number of benzene rings is 2. The highest BCUT2D eigenvalue weighted by atomic mass is 32.2. The SMILES string of the molecule is Nc1cccc(-c2ncn(CCSc3ccccc3)n2)c1. The van der Waals surface area contributed by atoms with E-state index in [1.807, 2.05) is 46.8 Å². The highest BCUT2D eigenvalue weighted by Crippen LogP contribution is 2.19. The maximum atomic E-state index is 5.78. The molecule has 0 bridgehead atoms. The molecule has 0 amide bonds. The molecule has 0 unspecified atom stereocenters. The first-order valence-electron chi connectivity index (χ1n) is 6.74. The van der Waals surface area contributed by atoms with Gasteiger partial charge in [-0.1, -0.05) is 30.3 Å². The molecule has 0 radical (unpaired) electrons. The topological polar surface area (TPSA) is 56.7 Å². The summed E-state index contributed by atoms with van der Waals surface area (Å²) in [6.07, 6.45) is 1.77. The first kappa shape index (κ1) is 13.7. The van der Waals surface area contributed by atoms with Crippen molar-refractivity contribution in [1.29, 1.82) is 0 Å². The van der Waals surface area contributed by atoms with Crippen molar-refractivity contribution in [3.63, 3.8) is 0 Å². The summed E-state index contributed by atoms with van der Waals surface area (Å²) in [4.78, 5) is 5.61. The predicted octanol–water partition coefficient (Wildman–Crippen LogP) is 3.32. The summed E-state index contributed by atoms with van der Waals surface area (Å²) in [5.74, 6) is 1.68. The molecule has 1 heterocycles. The lowest BCUT2D eigenvalue weighted by Crippen LogP contribution is -2.01. The normalized spacial score (nSPS) is 10.7. The Morgan fingerprint density at radius 2 is 1.90 bits per heavy atom. The summed E-state index contributed by atoms with van der Waals surface area (Å²) < 4.78 is 1.87. The maximum Gasteiger partial charge on any atom is 0.181 e. The molecule has 0 atom stereocenters. The fourth-order valence-corrected chi connectivity index (χ4v) is 2.85. The van der Waals surface area contributed by atoms with Crippen LogP contribution in [0.1, 0.15) is 0 Å². The molecule has 3 rings (SSSR count). The molecule has 21 heavy (non-hydrogen) atoms. The lowest BCUT2D eigenvalue weighted by atomic mass is 10.2. The zero-order valence-electron chi connectivity index (χ0n) is 11.5. The average molecular weight is 296 g/mol. The number of thioether (sulfide) groups is 1. The second-order valence-electron chi connectivity index (χ2n) is 4.62.